The highest BCUT2D eigenvalue weighted by Gasteiger charge is 2.11. The molecule has 0 saturated heterocycles. The Morgan fingerprint density at radius 1 is 1.32 bits per heavy atom. The van der Waals surface area contributed by atoms with Gasteiger partial charge >= 0.3 is 0 Å². The highest BCUT2D eigenvalue weighted by atomic mass is 127. The van der Waals surface area contributed by atoms with E-state index in [9.17, 15) is 9.18 Å². The van der Waals surface area contributed by atoms with Crippen LogP contribution in [0.25, 0.3) is 0 Å². The first kappa shape index (κ1) is 13.5. The molecule has 0 fully saturated rings. The number of carbonyl (C=O) groups is 1. The molecule has 0 saturated carbocycles. The van der Waals surface area contributed by atoms with Crippen molar-refractivity contribution in [2.45, 2.75) is 0 Å². The molecule has 19 heavy (non-hydrogen) atoms. The maximum absolute atomic E-state index is 13.0. The van der Waals surface area contributed by atoms with Crippen LogP contribution in [-0.2, 0) is 0 Å². The van der Waals surface area contributed by atoms with Crippen LogP contribution in [0.1, 0.15) is 10.4 Å². The highest BCUT2D eigenvalue weighted by Crippen LogP contribution is 2.25. The predicted molar refractivity (Wildman–Crippen MR) is 79.6 cm³/mol. The Kier molecular flexibility index (Phi) is 3.84. The SMILES string of the molecule is NC(=O)c1cc(N)ncc1Nc1ccc(F)cc1I. The van der Waals surface area contributed by atoms with Crippen LogP contribution in [0.15, 0.2) is 30.5 Å². The van der Waals surface area contributed by atoms with Gasteiger partial charge in [-0.2, -0.15) is 0 Å². The van der Waals surface area contributed by atoms with Crippen molar-refractivity contribution in [1.82, 2.24) is 4.98 Å². The Labute approximate surface area is 122 Å². The van der Waals surface area contributed by atoms with Gasteiger partial charge in [0.1, 0.15) is 11.6 Å². The number of nitrogens with one attached hydrogen (secondary N) is 1. The maximum atomic E-state index is 13.0. The predicted octanol–water partition coefficient (Wildman–Crippen LogP) is 2.25. The Morgan fingerprint density at radius 3 is 2.68 bits per heavy atom. The molecule has 7 heteroatoms. The molecule has 0 aliphatic carbocycles. The van der Waals surface area contributed by atoms with Crippen molar-refractivity contribution in [2.75, 3.05) is 11.1 Å². The Hall–Kier alpha value is -1.90. The van der Waals surface area contributed by atoms with Gasteiger partial charge in [-0.25, -0.2) is 9.37 Å². The number of nitrogens with two attached hydrogens (primary N) is 2. The number of carbonyl (C=O) groups excluding carboxylic acids is 1. The summed E-state index contributed by atoms with van der Waals surface area (Å²) < 4.78 is 13.7. The number of nitrogens with zero attached hydrogens (tertiary/aromatic N) is 1. The van der Waals surface area contributed by atoms with E-state index in [1.165, 1.54) is 24.4 Å². The monoisotopic (exact) mass is 372 g/mol. The lowest BCUT2D eigenvalue weighted by molar-refractivity contribution is 0.100. The van der Waals surface area contributed by atoms with Gasteiger partial charge in [0.25, 0.3) is 5.91 Å². The third-order valence-corrected chi connectivity index (χ3v) is 3.28. The van der Waals surface area contributed by atoms with E-state index in [2.05, 4.69) is 10.3 Å². The second-order valence-electron chi connectivity index (χ2n) is 3.77. The number of anilines is 3. The zero-order valence-corrected chi connectivity index (χ0v) is 11.8. The minimum absolute atomic E-state index is 0.202. The minimum atomic E-state index is -0.617. The number of hydrogen-bond donors (Lipinski definition) is 3. The molecule has 0 aliphatic rings. The van der Waals surface area contributed by atoms with Gasteiger partial charge in [-0.05, 0) is 46.9 Å². The molecule has 98 valence electrons. The first-order valence-corrected chi connectivity index (χ1v) is 6.32. The van der Waals surface area contributed by atoms with E-state index >= 15 is 0 Å². The highest BCUT2D eigenvalue weighted by molar-refractivity contribution is 14.1. The summed E-state index contributed by atoms with van der Waals surface area (Å²) in [5, 5.41) is 2.98. The standard InChI is InChI=1S/C12H10FIN4O/c13-6-1-2-9(8(14)3-6)18-10-5-17-11(15)4-7(10)12(16)19/h1-5,18H,(H2,15,17)(H2,16,19). The zero-order chi connectivity index (χ0) is 14.0. The summed E-state index contributed by atoms with van der Waals surface area (Å²) in [6, 6.07) is 5.65. The normalized spacial score (nSPS) is 10.2. The molecular weight excluding hydrogens is 362 g/mol. The van der Waals surface area contributed by atoms with Crippen LogP contribution in [0.5, 0.6) is 0 Å². The molecule has 1 aromatic heterocycles. The van der Waals surface area contributed by atoms with E-state index in [1.54, 1.807) is 6.07 Å². The van der Waals surface area contributed by atoms with Gasteiger partial charge in [0, 0.05) is 3.57 Å². The summed E-state index contributed by atoms with van der Waals surface area (Å²) in [6.45, 7) is 0. The van der Waals surface area contributed by atoms with Crippen molar-refractivity contribution >= 4 is 45.7 Å². The van der Waals surface area contributed by atoms with Crippen LogP contribution in [0, 0.1) is 9.39 Å². The van der Waals surface area contributed by atoms with Crippen LogP contribution in [0.2, 0.25) is 0 Å². The maximum Gasteiger partial charge on any atom is 0.251 e. The number of nitrogen functional groups attached to an aromatic ring is 1. The van der Waals surface area contributed by atoms with Gasteiger partial charge in [-0.15, -0.1) is 0 Å². The lowest BCUT2D eigenvalue weighted by Crippen LogP contribution is -2.14. The molecular formula is C12H10FIN4O. The average molecular weight is 372 g/mol. The van der Waals surface area contributed by atoms with Gasteiger partial charge in [0.2, 0.25) is 0 Å². The van der Waals surface area contributed by atoms with Crippen LogP contribution in [0.4, 0.5) is 21.6 Å². The van der Waals surface area contributed by atoms with Crippen molar-refractivity contribution < 1.29 is 9.18 Å². The fraction of sp³-hybridized carbons (Fsp3) is 0. The molecule has 1 heterocycles. The Balaban J connectivity index is 2.40. The number of aromatic nitrogens is 1. The number of benzene rings is 1. The van der Waals surface area contributed by atoms with E-state index in [-0.39, 0.29) is 17.2 Å². The number of amides is 1. The second kappa shape index (κ2) is 5.39. The molecule has 5 nitrogen and oxygen atoms in total. The van der Waals surface area contributed by atoms with E-state index < -0.39 is 5.91 Å². The number of hydrogen-bond acceptors (Lipinski definition) is 4. The van der Waals surface area contributed by atoms with Gasteiger partial charge in [0.05, 0.1) is 23.1 Å². The van der Waals surface area contributed by atoms with Crippen LogP contribution in [0.3, 0.4) is 0 Å². The summed E-state index contributed by atoms with van der Waals surface area (Å²) in [6.07, 6.45) is 1.41. The minimum Gasteiger partial charge on any atom is -0.384 e. The van der Waals surface area contributed by atoms with Gasteiger partial charge in [-0.1, -0.05) is 0 Å². The number of primary amides is 1. The molecule has 5 N–H and O–H groups in total. The van der Waals surface area contributed by atoms with Crippen LogP contribution >= 0.6 is 22.6 Å². The first-order chi connectivity index (χ1) is 8.97. The zero-order valence-electron chi connectivity index (χ0n) is 9.65. The number of halogens is 2. The molecule has 0 spiro atoms. The molecule has 0 atom stereocenters. The van der Waals surface area contributed by atoms with E-state index in [0.717, 1.165) is 0 Å². The van der Waals surface area contributed by atoms with E-state index in [0.29, 0.717) is 14.9 Å². The average Bonchev–Trinajstić information content (AvgIpc) is 2.34. The number of rotatable bonds is 3. The fourth-order valence-electron chi connectivity index (χ4n) is 1.51. The summed E-state index contributed by atoms with van der Waals surface area (Å²) in [4.78, 5) is 15.2. The third kappa shape index (κ3) is 3.11. The smallest absolute Gasteiger partial charge is 0.251 e. The third-order valence-electron chi connectivity index (χ3n) is 2.39. The van der Waals surface area contributed by atoms with Gasteiger partial charge in [0.15, 0.2) is 0 Å². The number of pyridine rings is 1. The Morgan fingerprint density at radius 2 is 2.05 bits per heavy atom. The Bertz CT molecular complexity index is 648. The van der Waals surface area contributed by atoms with Crippen LogP contribution in [-0.4, -0.2) is 10.9 Å². The van der Waals surface area contributed by atoms with E-state index in [4.69, 9.17) is 11.5 Å². The van der Waals surface area contributed by atoms with Crippen LogP contribution < -0.4 is 16.8 Å². The van der Waals surface area contributed by atoms with Crippen molar-refractivity contribution in [1.29, 1.82) is 0 Å². The second-order valence-corrected chi connectivity index (χ2v) is 4.93. The summed E-state index contributed by atoms with van der Waals surface area (Å²) in [5.74, 6) is -0.748. The fourth-order valence-corrected chi connectivity index (χ4v) is 2.12. The van der Waals surface area contributed by atoms with Gasteiger partial charge < -0.3 is 16.8 Å². The quantitative estimate of drug-likeness (QED) is 0.721. The van der Waals surface area contributed by atoms with E-state index in [1.807, 2.05) is 22.6 Å². The van der Waals surface area contributed by atoms with Crippen molar-refractivity contribution in [2.24, 2.45) is 5.73 Å². The largest absolute Gasteiger partial charge is 0.384 e. The van der Waals surface area contributed by atoms with Crippen molar-refractivity contribution in [3.63, 3.8) is 0 Å². The summed E-state index contributed by atoms with van der Waals surface area (Å²) >= 11 is 1.98. The first-order valence-electron chi connectivity index (χ1n) is 5.25. The van der Waals surface area contributed by atoms with Gasteiger partial charge in [-0.3, -0.25) is 4.79 Å². The summed E-state index contributed by atoms with van der Waals surface area (Å²) in [5.41, 5.74) is 12.1. The lowest BCUT2D eigenvalue weighted by atomic mass is 10.2. The molecule has 1 amide bonds. The molecule has 0 bridgehead atoms. The summed E-state index contributed by atoms with van der Waals surface area (Å²) in [7, 11) is 0. The molecule has 0 radical (unpaired) electrons. The van der Waals surface area contributed by atoms with Crippen molar-refractivity contribution in [3.05, 3.63) is 45.4 Å². The van der Waals surface area contributed by atoms with Crippen molar-refractivity contribution in [3.8, 4) is 0 Å². The molecule has 0 unspecified atom stereocenters. The lowest BCUT2D eigenvalue weighted by Gasteiger charge is -2.11. The molecule has 2 rings (SSSR count). The molecule has 1 aromatic carbocycles. The molecule has 0 aliphatic heterocycles. The topological polar surface area (TPSA) is 94.0 Å². The molecule has 2 aromatic rings.